The second kappa shape index (κ2) is 6.33. The van der Waals surface area contributed by atoms with Gasteiger partial charge in [0, 0.05) is 31.7 Å². The monoisotopic (exact) mass is 390 g/mol. The molecule has 1 unspecified atom stereocenters. The molecule has 3 fully saturated rings. The molecule has 5 atom stereocenters. The summed E-state index contributed by atoms with van der Waals surface area (Å²) in [7, 11) is 0. The van der Waals surface area contributed by atoms with E-state index in [0.717, 1.165) is 18.9 Å². The molecule has 3 aliphatic rings. The Hall–Kier alpha value is -1.42. The summed E-state index contributed by atoms with van der Waals surface area (Å²) >= 11 is -1.82. The first-order valence-corrected chi connectivity index (χ1v) is 10.1. The zero-order chi connectivity index (χ0) is 18.6. The van der Waals surface area contributed by atoms with Crippen LogP contribution < -0.4 is 9.80 Å². The van der Waals surface area contributed by atoms with E-state index >= 15 is 0 Å². The van der Waals surface area contributed by atoms with Gasteiger partial charge in [-0.1, -0.05) is 0 Å². The zero-order valence-corrected chi connectivity index (χ0v) is 15.1. The smallest absolute Gasteiger partial charge is 0.356 e. The lowest BCUT2D eigenvalue weighted by atomic mass is 10.2. The van der Waals surface area contributed by atoms with Crippen molar-refractivity contribution in [2.24, 2.45) is 17.8 Å². The summed E-state index contributed by atoms with van der Waals surface area (Å²) in [4.78, 5) is 11.9. The van der Waals surface area contributed by atoms with Crippen LogP contribution in [0.4, 0.5) is 24.9 Å². The summed E-state index contributed by atoms with van der Waals surface area (Å²) in [6, 6.07) is 1.15. The van der Waals surface area contributed by atoms with E-state index in [1.165, 1.54) is 0 Å². The summed E-state index contributed by atoms with van der Waals surface area (Å²) in [6.07, 6.45) is -2.68. The number of halogens is 3. The van der Waals surface area contributed by atoms with Crippen LogP contribution in [0.5, 0.6) is 0 Å². The summed E-state index contributed by atoms with van der Waals surface area (Å²) < 4.78 is 59.9. The molecule has 26 heavy (non-hydrogen) atoms. The van der Waals surface area contributed by atoms with Crippen LogP contribution in [0.25, 0.3) is 0 Å². The van der Waals surface area contributed by atoms with Crippen LogP contribution in [0.2, 0.25) is 0 Å². The van der Waals surface area contributed by atoms with Gasteiger partial charge in [-0.3, -0.25) is 0 Å². The zero-order valence-electron chi connectivity index (χ0n) is 14.3. The Balaban J connectivity index is 1.58. The quantitative estimate of drug-likeness (QED) is 0.797. The molecule has 6 nitrogen and oxygen atoms in total. The third kappa shape index (κ3) is 3.28. The van der Waals surface area contributed by atoms with Crippen LogP contribution in [0.3, 0.4) is 0 Å². The molecule has 0 amide bonds. The van der Waals surface area contributed by atoms with Gasteiger partial charge in [0.2, 0.25) is 5.95 Å². The van der Waals surface area contributed by atoms with E-state index in [1.54, 1.807) is 0 Å². The van der Waals surface area contributed by atoms with Crippen LogP contribution in [0, 0.1) is 17.8 Å². The number of aromatic nitrogens is 2. The molecule has 10 heteroatoms. The van der Waals surface area contributed by atoms with Gasteiger partial charge in [-0.25, -0.2) is 9.19 Å². The van der Waals surface area contributed by atoms with Crippen molar-refractivity contribution in [2.75, 3.05) is 35.2 Å². The predicted molar refractivity (Wildman–Crippen MR) is 91.4 cm³/mol. The van der Waals surface area contributed by atoms with Gasteiger partial charge >= 0.3 is 6.18 Å². The van der Waals surface area contributed by atoms with Crippen LogP contribution in [-0.4, -0.2) is 50.2 Å². The number of anilines is 2. The maximum Gasteiger partial charge on any atom is 0.433 e. The van der Waals surface area contributed by atoms with Crippen LogP contribution in [0.15, 0.2) is 6.07 Å². The third-order valence-electron chi connectivity index (χ3n) is 5.83. The van der Waals surface area contributed by atoms with Crippen LogP contribution in [0.1, 0.15) is 25.5 Å². The van der Waals surface area contributed by atoms with Crippen molar-refractivity contribution >= 4 is 22.8 Å². The van der Waals surface area contributed by atoms with Crippen molar-refractivity contribution in [3.63, 3.8) is 0 Å². The number of nitrogens with zero attached hydrogens (tertiary/aromatic N) is 4. The van der Waals surface area contributed by atoms with Gasteiger partial charge in [-0.05, 0) is 37.5 Å². The Labute approximate surface area is 152 Å². The molecule has 2 aliphatic heterocycles. The molecule has 1 aliphatic carbocycles. The van der Waals surface area contributed by atoms with Crippen molar-refractivity contribution in [3.05, 3.63) is 11.8 Å². The van der Waals surface area contributed by atoms with Crippen LogP contribution in [-0.2, 0) is 17.3 Å². The van der Waals surface area contributed by atoms with E-state index in [1.807, 2.05) is 16.7 Å². The highest BCUT2D eigenvalue weighted by Gasteiger charge is 2.56. The van der Waals surface area contributed by atoms with E-state index in [9.17, 15) is 17.4 Å². The first-order valence-electron chi connectivity index (χ1n) is 8.79. The topological polar surface area (TPSA) is 69.6 Å². The van der Waals surface area contributed by atoms with E-state index in [0.29, 0.717) is 25.5 Å². The molecule has 0 bridgehead atoms. The molecule has 0 aromatic carbocycles. The Morgan fingerprint density at radius 1 is 1.31 bits per heavy atom. The molecule has 2 saturated heterocycles. The Bertz CT molecular complexity index is 720. The van der Waals surface area contributed by atoms with Gasteiger partial charge in [0.1, 0.15) is 5.82 Å². The predicted octanol–water partition coefficient (Wildman–Crippen LogP) is 2.39. The van der Waals surface area contributed by atoms with Gasteiger partial charge in [0.25, 0.3) is 0 Å². The molecule has 1 saturated carbocycles. The van der Waals surface area contributed by atoms with Crippen molar-refractivity contribution in [3.8, 4) is 0 Å². The second-order valence-corrected chi connectivity index (χ2v) is 8.45. The summed E-state index contributed by atoms with van der Waals surface area (Å²) in [5, 5.41) is 0. The molecular formula is C16H21F3N4O2S. The number of fused-ring (bicyclic) bond motifs is 1. The van der Waals surface area contributed by atoms with Crippen molar-refractivity contribution in [1.29, 1.82) is 0 Å². The molecule has 144 valence electrons. The summed E-state index contributed by atoms with van der Waals surface area (Å²) in [5.74, 6) is 1.43. The van der Waals surface area contributed by atoms with Gasteiger partial charge in [-0.2, -0.15) is 18.2 Å². The van der Waals surface area contributed by atoms with E-state index in [2.05, 4.69) is 9.97 Å². The lowest BCUT2D eigenvalue weighted by Gasteiger charge is -2.26. The fraction of sp³-hybridized carbons (Fsp3) is 0.750. The number of hydrogen-bond acceptors (Lipinski definition) is 5. The van der Waals surface area contributed by atoms with E-state index in [-0.39, 0.29) is 35.5 Å². The number of hydrogen-bond donors (Lipinski definition) is 1. The molecule has 1 aromatic heterocycles. The summed E-state index contributed by atoms with van der Waals surface area (Å²) in [5.41, 5.74) is -0.912. The average Bonchev–Trinajstić information content (AvgIpc) is 2.95. The Morgan fingerprint density at radius 3 is 2.54 bits per heavy atom. The molecule has 4 rings (SSSR count). The maximum absolute atomic E-state index is 13.3. The Morgan fingerprint density at radius 2 is 2.00 bits per heavy atom. The highest BCUT2D eigenvalue weighted by molar-refractivity contribution is 7.79. The lowest BCUT2D eigenvalue weighted by molar-refractivity contribution is -0.141. The highest BCUT2D eigenvalue weighted by atomic mass is 32.2. The van der Waals surface area contributed by atoms with Gasteiger partial charge in [0.05, 0.1) is 5.75 Å². The third-order valence-corrected chi connectivity index (χ3v) is 6.50. The van der Waals surface area contributed by atoms with E-state index in [4.69, 9.17) is 4.55 Å². The second-order valence-electron chi connectivity index (χ2n) is 7.48. The minimum absolute atomic E-state index is 0.127. The molecule has 0 radical (unpaired) electrons. The van der Waals surface area contributed by atoms with Gasteiger partial charge in [-0.15, -0.1) is 0 Å². The average molecular weight is 390 g/mol. The number of piperidine rings is 1. The fourth-order valence-electron chi connectivity index (χ4n) is 4.34. The van der Waals surface area contributed by atoms with Crippen molar-refractivity contribution < 1.29 is 21.9 Å². The normalized spacial score (nSPS) is 32.0. The SMILES string of the molecule is C[C@H]1CCCN1c1nc(N2C[C@@H]3[C@H](C2)[C@H]3CS(=O)O)cc(C(F)(F)F)n1. The molecular weight excluding hydrogens is 369 g/mol. The highest BCUT2D eigenvalue weighted by Crippen LogP contribution is 2.52. The first kappa shape index (κ1) is 18.0. The van der Waals surface area contributed by atoms with Gasteiger partial charge < -0.3 is 14.4 Å². The molecule has 0 spiro atoms. The van der Waals surface area contributed by atoms with Gasteiger partial charge in [0.15, 0.2) is 16.8 Å². The molecule has 1 N–H and O–H groups in total. The standard InChI is InChI=1S/C16H21F3N4O2S/c1-9-3-2-4-23(9)15-20-13(16(17,18)19)5-14(21-15)22-6-10-11(7-22)12(10)8-26(24)25/h5,9-12H,2-4,6-8H2,1H3,(H,24,25)/t9-,10-,11+,12+/m0/s1. The lowest BCUT2D eigenvalue weighted by Crippen LogP contribution is -2.31. The minimum Gasteiger partial charge on any atom is -0.356 e. The fourth-order valence-corrected chi connectivity index (χ4v) is 5.16. The largest absolute Gasteiger partial charge is 0.433 e. The number of rotatable bonds is 4. The number of alkyl halides is 3. The Kier molecular flexibility index (Phi) is 4.37. The van der Waals surface area contributed by atoms with Crippen molar-refractivity contribution in [1.82, 2.24) is 9.97 Å². The van der Waals surface area contributed by atoms with Crippen LogP contribution >= 0.6 is 0 Å². The van der Waals surface area contributed by atoms with E-state index < -0.39 is 23.0 Å². The first-order chi connectivity index (χ1) is 12.2. The molecule has 1 aromatic rings. The summed E-state index contributed by atoms with van der Waals surface area (Å²) in [6.45, 7) is 3.80. The molecule has 3 heterocycles. The minimum atomic E-state index is -4.52. The van der Waals surface area contributed by atoms with Crippen molar-refractivity contribution in [2.45, 2.75) is 32.0 Å². The maximum atomic E-state index is 13.3.